The molecule has 1 aliphatic heterocycles. The number of hydrogen-bond acceptors (Lipinski definition) is 6. The molecule has 0 radical (unpaired) electrons. The quantitative estimate of drug-likeness (QED) is 0.456. The maximum Gasteiger partial charge on any atom is 0.220 e. The summed E-state index contributed by atoms with van der Waals surface area (Å²) in [4.78, 5) is 23.5. The van der Waals surface area contributed by atoms with Gasteiger partial charge in [0.25, 0.3) is 0 Å². The minimum atomic E-state index is -0.0502. The number of imidazole rings is 1. The fraction of sp³-hybridized carbons (Fsp3) is 0.440. The number of nitrogens with one attached hydrogen (secondary N) is 1. The van der Waals surface area contributed by atoms with Crippen LogP contribution in [0.25, 0.3) is 22.2 Å². The molecule has 1 aliphatic carbocycles. The van der Waals surface area contributed by atoms with Crippen LogP contribution in [0.2, 0.25) is 0 Å². The molecule has 0 unspecified atom stereocenters. The topological polar surface area (TPSA) is 85.8 Å². The predicted molar refractivity (Wildman–Crippen MR) is 127 cm³/mol. The van der Waals surface area contributed by atoms with Crippen molar-refractivity contribution in [3.05, 3.63) is 51.1 Å². The highest BCUT2D eigenvalue weighted by Gasteiger charge is 2.31. The number of rotatable bonds is 3. The number of hydrogen-bond donors (Lipinski definition) is 1. The van der Waals surface area contributed by atoms with Crippen LogP contribution in [0, 0.1) is 20.8 Å². The molecular weight excluding hydrogens is 434 g/mol. The first kappa shape index (κ1) is 20.6. The van der Waals surface area contributed by atoms with Gasteiger partial charge in [-0.2, -0.15) is 0 Å². The van der Waals surface area contributed by atoms with Gasteiger partial charge in [-0.1, -0.05) is 11.2 Å². The Hall–Kier alpha value is -3.00. The SMILES string of the molecule is Cc1nc2c(s1)C[C@H](n1c([C@@H]3CCCC(=O)N3)nc3cc(-c4c(C)noc4C)ccc31)CC2. The van der Waals surface area contributed by atoms with E-state index in [1.807, 2.05) is 25.2 Å². The van der Waals surface area contributed by atoms with Crippen molar-refractivity contribution in [1.29, 1.82) is 0 Å². The zero-order valence-electron chi connectivity index (χ0n) is 19.1. The largest absolute Gasteiger partial charge is 0.361 e. The Kier molecular flexibility index (Phi) is 4.87. The van der Waals surface area contributed by atoms with E-state index in [0.29, 0.717) is 12.5 Å². The summed E-state index contributed by atoms with van der Waals surface area (Å²) in [5.41, 5.74) is 6.30. The van der Waals surface area contributed by atoms with Crippen molar-refractivity contribution in [3.8, 4) is 11.1 Å². The number of aryl methyl sites for hydroxylation is 4. The van der Waals surface area contributed by atoms with Gasteiger partial charge in [-0.05, 0) is 64.2 Å². The summed E-state index contributed by atoms with van der Waals surface area (Å²) in [6.07, 6.45) is 5.39. The second-order valence-electron chi connectivity index (χ2n) is 9.25. The van der Waals surface area contributed by atoms with Gasteiger partial charge < -0.3 is 14.4 Å². The lowest BCUT2D eigenvalue weighted by atomic mass is 9.96. The smallest absolute Gasteiger partial charge is 0.220 e. The average molecular weight is 462 g/mol. The van der Waals surface area contributed by atoms with Gasteiger partial charge in [0, 0.05) is 29.3 Å². The number of thiazole rings is 1. The molecule has 1 fully saturated rings. The van der Waals surface area contributed by atoms with Crippen molar-refractivity contribution < 1.29 is 9.32 Å². The summed E-state index contributed by atoms with van der Waals surface area (Å²) < 4.78 is 7.80. The molecule has 7 nitrogen and oxygen atoms in total. The number of carbonyl (C=O) groups excluding carboxylic acids is 1. The van der Waals surface area contributed by atoms with Gasteiger partial charge in [0.1, 0.15) is 11.6 Å². The fourth-order valence-electron chi connectivity index (χ4n) is 5.50. The van der Waals surface area contributed by atoms with Crippen molar-refractivity contribution in [2.75, 3.05) is 0 Å². The zero-order chi connectivity index (χ0) is 22.7. The van der Waals surface area contributed by atoms with Gasteiger partial charge in [-0.3, -0.25) is 4.79 Å². The van der Waals surface area contributed by atoms with Gasteiger partial charge >= 0.3 is 0 Å². The van der Waals surface area contributed by atoms with Crippen LogP contribution in [-0.4, -0.2) is 25.6 Å². The first-order valence-corrected chi connectivity index (χ1v) is 12.5. The van der Waals surface area contributed by atoms with Crippen molar-refractivity contribution in [1.82, 2.24) is 25.0 Å². The minimum absolute atomic E-state index is 0.0502. The summed E-state index contributed by atoms with van der Waals surface area (Å²) in [6.45, 7) is 6.00. The molecule has 4 heterocycles. The summed E-state index contributed by atoms with van der Waals surface area (Å²) in [7, 11) is 0. The third kappa shape index (κ3) is 3.47. The summed E-state index contributed by atoms with van der Waals surface area (Å²) >= 11 is 1.81. The lowest BCUT2D eigenvalue weighted by molar-refractivity contribution is -0.123. The van der Waals surface area contributed by atoms with Gasteiger partial charge in [0.2, 0.25) is 5.91 Å². The Morgan fingerprint density at radius 3 is 2.82 bits per heavy atom. The molecule has 4 aromatic rings. The highest BCUT2D eigenvalue weighted by atomic mass is 32.1. The standard InChI is InChI=1S/C25H27N5O2S/c1-13-24(14(2)32-29-13)16-7-10-21-20(11-16)28-25(19-5-4-6-23(31)27-19)30(21)17-8-9-18-22(12-17)33-15(3)26-18/h7,10-11,17,19H,4-6,8-9,12H2,1-3H3,(H,27,31)/t17-,19+/m1/s1. The number of carbonyl (C=O) groups is 1. The van der Waals surface area contributed by atoms with Gasteiger partial charge in [0.05, 0.1) is 33.5 Å². The predicted octanol–water partition coefficient (Wildman–Crippen LogP) is 5.14. The number of nitrogens with zero attached hydrogens (tertiary/aromatic N) is 4. The van der Waals surface area contributed by atoms with Gasteiger partial charge in [-0.15, -0.1) is 11.3 Å². The van der Waals surface area contributed by atoms with E-state index < -0.39 is 0 Å². The van der Waals surface area contributed by atoms with Crippen molar-refractivity contribution in [2.24, 2.45) is 0 Å². The highest BCUT2D eigenvalue weighted by molar-refractivity contribution is 7.11. The maximum atomic E-state index is 12.2. The number of piperidine rings is 1. The maximum absolute atomic E-state index is 12.2. The molecule has 33 heavy (non-hydrogen) atoms. The molecular formula is C25H27N5O2S. The number of aromatic nitrogens is 4. The average Bonchev–Trinajstić information content (AvgIpc) is 3.46. The summed E-state index contributed by atoms with van der Waals surface area (Å²) in [5, 5.41) is 8.46. The Morgan fingerprint density at radius 2 is 2.03 bits per heavy atom. The lowest BCUT2D eigenvalue weighted by Gasteiger charge is -2.29. The van der Waals surface area contributed by atoms with Crippen molar-refractivity contribution >= 4 is 28.3 Å². The molecule has 1 N–H and O–H groups in total. The highest BCUT2D eigenvalue weighted by Crippen LogP contribution is 2.38. The van der Waals surface area contributed by atoms with E-state index in [1.54, 1.807) is 0 Å². The van der Waals surface area contributed by atoms with Crippen LogP contribution in [0.15, 0.2) is 22.7 Å². The van der Waals surface area contributed by atoms with Crippen LogP contribution in [0.1, 0.15) is 70.6 Å². The van der Waals surface area contributed by atoms with Crippen LogP contribution >= 0.6 is 11.3 Å². The van der Waals surface area contributed by atoms with Crippen LogP contribution in [-0.2, 0) is 17.6 Å². The lowest BCUT2D eigenvalue weighted by Crippen LogP contribution is -2.35. The molecule has 0 spiro atoms. The Bertz CT molecular complexity index is 1360. The molecule has 2 atom stereocenters. The molecule has 1 saturated heterocycles. The molecule has 8 heteroatoms. The summed E-state index contributed by atoms with van der Waals surface area (Å²) in [5.74, 6) is 1.90. The first-order valence-electron chi connectivity index (χ1n) is 11.7. The van der Waals surface area contributed by atoms with Crippen LogP contribution in [0.3, 0.4) is 0 Å². The molecule has 1 amide bonds. The molecule has 0 saturated carbocycles. The minimum Gasteiger partial charge on any atom is -0.361 e. The molecule has 6 rings (SSSR count). The third-order valence-corrected chi connectivity index (χ3v) is 8.00. The third-order valence-electron chi connectivity index (χ3n) is 6.97. The Morgan fingerprint density at radius 1 is 1.15 bits per heavy atom. The molecule has 0 bridgehead atoms. The summed E-state index contributed by atoms with van der Waals surface area (Å²) in [6, 6.07) is 6.70. The van der Waals surface area contributed by atoms with Crippen LogP contribution in [0.5, 0.6) is 0 Å². The van der Waals surface area contributed by atoms with Crippen LogP contribution in [0.4, 0.5) is 0 Å². The van der Waals surface area contributed by atoms with Crippen LogP contribution < -0.4 is 5.32 Å². The number of amides is 1. The van der Waals surface area contributed by atoms with E-state index in [4.69, 9.17) is 14.5 Å². The monoisotopic (exact) mass is 461 g/mol. The van der Waals surface area contributed by atoms with E-state index >= 15 is 0 Å². The molecule has 3 aromatic heterocycles. The van der Waals surface area contributed by atoms with Gasteiger partial charge in [0.15, 0.2) is 0 Å². The van der Waals surface area contributed by atoms with E-state index in [-0.39, 0.29) is 11.9 Å². The molecule has 2 aliphatic rings. The van der Waals surface area contributed by atoms with Gasteiger partial charge in [-0.25, -0.2) is 9.97 Å². The second kappa shape index (κ2) is 7.80. The Balaban J connectivity index is 1.48. The number of fused-ring (bicyclic) bond motifs is 2. The van der Waals surface area contributed by atoms with E-state index in [0.717, 1.165) is 76.6 Å². The van der Waals surface area contributed by atoms with Crippen molar-refractivity contribution in [2.45, 2.75) is 71.4 Å². The second-order valence-corrected chi connectivity index (χ2v) is 10.5. The normalized spacial score (nSPS) is 20.8. The number of benzene rings is 1. The molecule has 170 valence electrons. The first-order chi connectivity index (χ1) is 16.0. The van der Waals surface area contributed by atoms with E-state index in [2.05, 4.69) is 40.2 Å². The fourth-order valence-corrected chi connectivity index (χ4v) is 6.56. The molecule has 1 aromatic carbocycles. The van der Waals surface area contributed by atoms with Crippen molar-refractivity contribution in [3.63, 3.8) is 0 Å². The van der Waals surface area contributed by atoms with E-state index in [9.17, 15) is 4.79 Å². The van der Waals surface area contributed by atoms with E-state index in [1.165, 1.54) is 10.6 Å². The Labute approximate surface area is 196 Å². The zero-order valence-corrected chi connectivity index (χ0v) is 20.0.